The van der Waals surface area contributed by atoms with E-state index in [-0.39, 0.29) is 19.1 Å². The van der Waals surface area contributed by atoms with Gasteiger partial charge in [-0.05, 0) is 32.0 Å². The van der Waals surface area contributed by atoms with Crippen molar-refractivity contribution in [2.75, 3.05) is 6.79 Å². The highest BCUT2D eigenvalue weighted by molar-refractivity contribution is 5.96. The molecule has 0 unspecified atom stereocenters. The number of hydrogen-bond acceptors (Lipinski definition) is 7. The predicted molar refractivity (Wildman–Crippen MR) is 92.1 cm³/mol. The van der Waals surface area contributed by atoms with Crippen molar-refractivity contribution in [2.45, 2.75) is 20.3 Å². The summed E-state index contributed by atoms with van der Waals surface area (Å²) in [6, 6.07) is 4.79. The van der Waals surface area contributed by atoms with E-state index >= 15 is 0 Å². The zero-order valence-electron chi connectivity index (χ0n) is 14.6. The Morgan fingerprint density at radius 2 is 2.00 bits per heavy atom. The van der Waals surface area contributed by atoms with Gasteiger partial charge in [-0.15, -0.1) is 0 Å². The molecular weight excluding hydrogens is 352 g/mol. The Balaban J connectivity index is 1.42. The number of nitrogens with zero attached hydrogens (tertiary/aromatic N) is 4. The van der Waals surface area contributed by atoms with Crippen LogP contribution in [0.15, 0.2) is 24.5 Å². The van der Waals surface area contributed by atoms with Crippen molar-refractivity contribution in [3.8, 4) is 11.5 Å². The Labute approximate surface area is 153 Å². The Hall–Kier alpha value is -3.69. The third-order valence-corrected chi connectivity index (χ3v) is 4.28. The molecule has 0 spiro atoms. The monoisotopic (exact) mass is 368 g/mol. The summed E-state index contributed by atoms with van der Waals surface area (Å²) < 4.78 is 12.0. The maximum atomic E-state index is 12.3. The summed E-state index contributed by atoms with van der Waals surface area (Å²) in [5.74, 6) is 0.715. The second-order valence-electron chi connectivity index (χ2n) is 5.98. The number of aromatic nitrogens is 4. The minimum atomic E-state index is -0.458. The third-order valence-electron chi connectivity index (χ3n) is 4.28. The average Bonchev–Trinajstić information content (AvgIpc) is 3.31. The van der Waals surface area contributed by atoms with E-state index in [4.69, 9.17) is 9.47 Å². The first-order chi connectivity index (χ1) is 13.0. The first-order valence-corrected chi connectivity index (χ1v) is 8.17. The van der Waals surface area contributed by atoms with Gasteiger partial charge in [0.05, 0.1) is 6.42 Å². The molecule has 1 aliphatic rings. The minimum Gasteiger partial charge on any atom is -0.454 e. The quantitative estimate of drug-likeness (QED) is 0.645. The molecule has 0 radical (unpaired) electrons. The van der Waals surface area contributed by atoms with Gasteiger partial charge >= 0.3 is 0 Å². The van der Waals surface area contributed by atoms with Crippen LogP contribution in [0.4, 0.5) is 0 Å². The van der Waals surface area contributed by atoms with Gasteiger partial charge in [0.15, 0.2) is 11.5 Å². The molecule has 27 heavy (non-hydrogen) atoms. The Kier molecular flexibility index (Phi) is 4.07. The molecule has 2 aromatic heterocycles. The van der Waals surface area contributed by atoms with Crippen molar-refractivity contribution in [3.63, 3.8) is 0 Å². The molecule has 2 N–H and O–H groups in total. The summed E-state index contributed by atoms with van der Waals surface area (Å²) >= 11 is 0. The summed E-state index contributed by atoms with van der Waals surface area (Å²) in [5.41, 5.74) is 7.33. The normalized spacial score (nSPS) is 12.2. The largest absolute Gasteiger partial charge is 0.454 e. The maximum absolute atomic E-state index is 12.3. The number of ether oxygens (including phenoxy) is 2. The SMILES string of the molecule is Cc1nc2ncnn2c(C)c1CC(=O)NNC(=O)c1ccc2c(c1)OCO2. The number of benzene rings is 1. The van der Waals surface area contributed by atoms with E-state index in [1.54, 1.807) is 29.6 Å². The lowest BCUT2D eigenvalue weighted by atomic mass is 10.1. The molecule has 0 fully saturated rings. The molecule has 0 atom stereocenters. The number of rotatable bonds is 3. The summed E-state index contributed by atoms with van der Waals surface area (Å²) in [6.45, 7) is 3.76. The second kappa shape index (κ2) is 6.56. The van der Waals surface area contributed by atoms with Crippen molar-refractivity contribution in [2.24, 2.45) is 0 Å². The fraction of sp³-hybridized carbons (Fsp3) is 0.235. The van der Waals surface area contributed by atoms with E-state index in [1.165, 1.54) is 6.33 Å². The number of nitrogens with one attached hydrogen (secondary N) is 2. The first-order valence-electron chi connectivity index (χ1n) is 8.17. The molecule has 0 saturated heterocycles. The highest BCUT2D eigenvalue weighted by Crippen LogP contribution is 2.32. The molecule has 138 valence electrons. The number of carbonyl (C=O) groups excluding carboxylic acids is 2. The van der Waals surface area contributed by atoms with Gasteiger partial charge in [-0.2, -0.15) is 10.1 Å². The fourth-order valence-electron chi connectivity index (χ4n) is 2.85. The zero-order chi connectivity index (χ0) is 19.0. The van der Waals surface area contributed by atoms with E-state index < -0.39 is 5.91 Å². The van der Waals surface area contributed by atoms with Crippen molar-refractivity contribution >= 4 is 17.6 Å². The van der Waals surface area contributed by atoms with E-state index in [0.717, 1.165) is 11.3 Å². The number of hydrazine groups is 1. The summed E-state index contributed by atoms with van der Waals surface area (Å²) in [5, 5.41) is 4.09. The molecule has 0 saturated carbocycles. The Bertz CT molecular complexity index is 1060. The standard InChI is InChI=1S/C17H16N6O4/c1-9-12(10(2)23-17(20-9)18-7-19-23)6-15(24)21-22-16(25)11-3-4-13-14(5-11)27-8-26-13/h3-5,7H,6,8H2,1-2H3,(H,21,24)(H,22,25). The van der Waals surface area contributed by atoms with Gasteiger partial charge in [0, 0.05) is 22.5 Å². The number of aryl methyl sites for hydroxylation is 2. The van der Waals surface area contributed by atoms with Crippen molar-refractivity contribution in [3.05, 3.63) is 47.0 Å². The lowest BCUT2D eigenvalue weighted by Crippen LogP contribution is -2.42. The van der Waals surface area contributed by atoms with E-state index in [0.29, 0.717) is 28.5 Å². The highest BCUT2D eigenvalue weighted by atomic mass is 16.7. The maximum Gasteiger partial charge on any atom is 0.269 e. The Morgan fingerprint density at radius 3 is 2.85 bits per heavy atom. The predicted octanol–water partition coefficient (Wildman–Crippen LogP) is 0.474. The van der Waals surface area contributed by atoms with E-state index in [9.17, 15) is 9.59 Å². The zero-order valence-corrected chi connectivity index (χ0v) is 14.6. The van der Waals surface area contributed by atoms with Gasteiger partial charge < -0.3 is 9.47 Å². The van der Waals surface area contributed by atoms with Crippen LogP contribution < -0.4 is 20.3 Å². The summed E-state index contributed by atoms with van der Waals surface area (Å²) in [7, 11) is 0. The lowest BCUT2D eigenvalue weighted by molar-refractivity contribution is -0.121. The van der Waals surface area contributed by atoms with Crippen LogP contribution in [0.3, 0.4) is 0 Å². The van der Waals surface area contributed by atoms with Crippen LogP contribution in [0.1, 0.15) is 27.3 Å². The van der Waals surface area contributed by atoms with Crippen LogP contribution in [-0.4, -0.2) is 38.2 Å². The Morgan fingerprint density at radius 1 is 1.19 bits per heavy atom. The molecule has 0 bridgehead atoms. The van der Waals surface area contributed by atoms with Gasteiger partial charge in [0.25, 0.3) is 11.7 Å². The molecule has 10 heteroatoms. The van der Waals surface area contributed by atoms with E-state index in [2.05, 4.69) is 25.9 Å². The molecule has 4 rings (SSSR count). The topological polar surface area (TPSA) is 120 Å². The van der Waals surface area contributed by atoms with Gasteiger partial charge in [-0.3, -0.25) is 20.4 Å². The number of fused-ring (bicyclic) bond motifs is 2. The van der Waals surface area contributed by atoms with Crippen LogP contribution >= 0.6 is 0 Å². The molecule has 10 nitrogen and oxygen atoms in total. The summed E-state index contributed by atoms with van der Waals surface area (Å²) in [4.78, 5) is 32.9. The minimum absolute atomic E-state index is 0.0435. The number of carbonyl (C=O) groups is 2. The second-order valence-corrected chi connectivity index (χ2v) is 5.98. The lowest BCUT2D eigenvalue weighted by Gasteiger charge is -2.11. The first kappa shape index (κ1) is 16.8. The van der Waals surface area contributed by atoms with Crippen LogP contribution in [-0.2, 0) is 11.2 Å². The molecule has 3 aromatic rings. The van der Waals surface area contributed by atoms with E-state index in [1.807, 2.05) is 6.92 Å². The third kappa shape index (κ3) is 3.12. The molecule has 2 amide bonds. The van der Waals surface area contributed by atoms with Crippen molar-refractivity contribution in [1.29, 1.82) is 0 Å². The van der Waals surface area contributed by atoms with Crippen molar-refractivity contribution in [1.82, 2.24) is 30.4 Å². The van der Waals surface area contributed by atoms with Crippen molar-refractivity contribution < 1.29 is 19.1 Å². The fourth-order valence-corrected chi connectivity index (χ4v) is 2.85. The number of amides is 2. The molecule has 1 aromatic carbocycles. The highest BCUT2D eigenvalue weighted by Gasteiger charge is 2.18. The molecular formula is C17H16N6O4. The van der Waals surface area contributed by atoms with Gasteiger partial charge in [0.1, 0.15) is 6.33 Å². The van der Waals surface area contributed by atoms with Gasteiger partial charge in [-0.25, -0.2) is 9.50 Å². The van der Waals surface area contributed by atoms with Gasteiger partial charge in [-0.1, -0.05) is 0 Å². The smallest absolute Gasteiger partial charge is 0.269 e. The number of hydrogen-bond donors (Lipinski definition) is 2. The van der Waals surface area contributed by atoms with Crippen LogP contribution in [0.25, 0.3) is 5.78 Å². The van der Waals surface area contributed by atoms with Crippen LogP contribution in [0.5, 0.6) is 11.5 Å². The molecule has 3 heterocycles. The summed E-state index contributed by atoms with van der Waals surface area (Å²) in [6.07, 6.45) is 1.45. The average molecular weight is 368 g/mol. The van der Waals surface area contributed by atoms with Crippen LogP contribution in [0, 0.1) is 13.8 Å². The van der Waals surface area contributed by atoms with Crippen LogP contribution in [0.2, 0.25) is 0 Å². The molecule has 1 aliphatic heterocycles. The molecule has 0 aliphatic carbocycles. The van der Waals surface area contributed by atoms with Gasteiger partial charge in [0.2, 0.25) is 12.7 Å².